The first-order valence-corrected chi connectivity index (χ1v) is 17.1. The zero-order valence-corrected chi connectivity index (χ0v) is 26.4. The molecule has 1 saturated heterocycles. The first kappa shape index (κ1) is 32.4. The fourth-order valence-electron chi connectivity index (χ4n) is 6.45. The Bertz CT molecular complexity index is 1890. The van der Waals surface area contributed by atoms with Gasteiger partial charge in [0.05, 0.1) is 17.5 Å². The average molecular weight is 652 g/mol. The summed E-state index contributed by atoms with van der Waals surface area (Å²) in [5, 5.41) is 22.1. The number of aliphatic hydroxyl groups excluding tert-OH is 1. The summed E-state index contributed by atoms with van der Waals surface area (Å²) >= 11 is 0. The second-order valence-corrected chi connectivity index (χ2v) is 13.6. The van der Waals surface area contributed by atoms with Gasteiger partial charge in [0.15, 0.2) is 0 Å². The van der Waals surface area contributed by atoms with E-state index in [0.29, 0.717) is 47.2 Å². The maximum absolute atomic E-state index is 13.7. The molecule has 0 spiro atoms. The third-order valence-electron chi connectivity index (χ3n) is 8.88. The third-order valence-corrected chi connectivity index (χ3v) is 9.85. The molecule has 1 amide bonds. The number of hydrogen-bond acceptors (Lipinski definition) is 4. The van der Waals surface area contributed by atoms with E-state index in [4.69, 9.17) is 0 Å². The number of nitrogens with zero attached hydrogens (tertiary/aromatic N) is 1. The number of carbonyl (C=O) groups is 1. The van der Waals surface area contributed by atoms with Gasteiger partial charge in [-0.25, -0.2) is 4.39 Å². The number of hydrogen-bond donors (Lipinski definition) is 4. The average Bonchev–Trinajstić information content (AvgIpc) is 3.40. The number of benzene rings is 5. The van der Waals surface area contributed by atoms with Gasteiger partial charge < -0.3 is 24.9 Å². The van der Waals surface area contributed by atoms with Crippen LogP contribution in [0.1, 0.15) is 49.0 Å². The normalized spacial score (nSPS) is 17.2. The van der Waals surface area contributed by atoms with Crippen LogP contribution in [0.2, 0.25) is 0 Å². The summed E-state index contributed by atoms with van der Waals surface area (Å²) in [7, 11) is -4.38. The van der Waals surface area contributed by atoms with Crippen molar-refractivity contribution in [3.8, 4) is 28.0 Å². The van der Waals surface area contributed by atoms with E-state index in [1.807, 2.05) is 60.7 Å². The van der Waals surface area contributed by atoms with Gasteiger partial charge in [0.1, 0.15) is 11.6 Å². The van der Waals surface area contributed by atoms with E-state index in [9.17, 15) is 33.7 Å². The summed E-state index contributed by atoms with van der Waals surface area (Å²) in [6.45, 7) is 0. The van der Waals surface area contributed by atoms with Crippen molar-refractivity contribution in [3.63, 3.8) is 0 Å². The lowest BCUT2D eigenvalue weighted by molar-refractivity contribution is -0.117. The van der Waals surface area contributed by atoms with Gasteiger partial charge in [-0.15, -0.1) is 0 Å². The molecule has 4 N–H and O–H groups in total. The van der Waals surface area contributed by atoms with Crippen molar-refractivity contribution in [1.29, 1.82) is 0 Å². The van der Waals surface area contributed by atoms with Crippen LogP contribution >= 0.6 is 7.60 Å². The van der Waals surface area contributed by atoms with E-state index in [1.54, 1.807) is 41.3 Å². The molecule has 7 nitrogen and oxygen atoms in total. The van der Waals surface area contributed by atoms with Crippen LogP contribution in [-0.4, -0.2) is 25.9 Å². The minimum atomic E-state index is -4.38. The van der Waals surface area contributed by atoms with Crippen LogP contribution in [0.25, 0.3) is 22.3 Å². The minimum absolute atomic E-state index is 0.00326. The number of anilines is 1. The molecule has 0 radical (unpaired) electrons. The van der Waals surface area contributed by atoms with Crippen molar-refractivity contribution in [1.82, 2.24) is 0 Å². The van der Waals surface area contributed by atoms with E-state index in [1.165, 1.54) is 24.3 Å². The quantitative estimate of drug-likeness (QED) is 0.115. The van der Waals surface area contributed by atoms with Gasteiger partial charge in [-0.1, -0.05) is 85.3 Å². The number of carbonyl (C=O) groups excluding carboxylic acids is 1. The van der Waals surface area contributed by atoms with Gasteiger partial charge in [-0.2, -0.15) is 0 Å². The Labute approximate surface area is 272 Å². The molecule has 1 aliphatic rings. The van der Waals surface area contributed by atoms with Gasteiger partial charge in [0.25, 0.3) is 0 Å². The van der Waals surface area contributed by atoms with Gasteiger partial charge in [0.2, 0.25) is 5.91 Å². The highest BCUT2D eigenvalue weighted by Crippen LogP contribution is 2.47. The summed E-state index contributed by atoms with van der Waals surface area (Å²) in [5.74, 6) is -0.586. The zero-order valence-electron chi connectivity index (χ0n) is 25.5. The molecule has 5 aromatic carbocycles. The van der Waals surface area contributed by atoms with Crippen LogP contribution in [0.4, 0.5) is 10.1 Å². The minimum Gasteiger partial charge on any atom is -0.508 e. The van der Waals surface area contributed by atoms with Gasteiger partial charge in [0, 0.05) is 17.7 Å². The topological polar surface area (TPSA) is 118 Å². The van der Waals surface area contributed by atoms with Crippen LogP contribution in [-0.2, 0) is 9.36 Å². The summed E-state index contributed by atoms with van der Waals surface area (Å²) in [6.07, 6.45) is 1.15. The van der Waals surface area contributed by atoms with Crippen LogP contribution < -0.4 is 10.2 Å². The van der Waals surface area contributed by atoms with Gasteiger partial charge >= 0.3 is 7.60 Å². The van der Waals surface area contributed by atoms with Crippen LogP contribution in [0.15, 0.2) is 121 Å². The highest BCUT2D eigenvalue weighted by atomic mass is 31.2. The van der Waals surface area contributed by atoms with Crippen molar-refractivity contribution in [2.75, 3.05) is 4.90 Å². The van der Waals surface area contributed by atoms with Crippen LogP contribution in [0, 0.1) is 11.7 Å². The molecule has 6 rings (SSSR count). The molecule has 0 saturated carbocycles. The first-order chi connectivity index (χ1) is 22.6. The molecule has 5 aromatic rings. The lowest BCUT2D eigenvalue weighted by Gasteiger charge is -2.30. The van der Waals surface area contributed by atoms with Gasteiger partial charge in [-0.05, 0) is 89.0 Å². The number of phenolic OH excluding ortho intramolecular Hbond substituents is 1. The molecular weight excluding hydrogens is 616 g/mol. The Morgan fingerprint density at radius 1 is 0.787 bits per heavy atom. The molecule has 1 aliphatic heterocycles. The van der Waals surface area contributed by atoms with E-state index in [0.717, 1.165) is 11.1 Å². The number of rotatable bonds is 10. The monoisotopic (exact) mass is 651 g/mol. The lowest BCUT2D eigenvalue weighted by Crippen LogP contribution is -2.28. The highest BCUT2D eigenvalue weighted by molar-refractivity contribution is 7.60. The fourth-order valence-corrected chi connectivity index (χ4v) is 6.99. The molecule has 0 unspecified atom stereocenters. The second kappa shape index (κ2) is 13.6. The van der Waals surface area contributed by atoms with E-state index in [2.05, 4.69) is 0 Å². The SMILES string of the molecule is O=C1C[C@@H](CCC[C@H](O)c2ccc(F)cc2)[C@@H](c2ccc(-c3ccc(P(=O)(O)O)cc3)cc2O)N1c1ccc(-c2ccccc2)cc1. The van der Waals surface area contributed by atoms with Crippen molar-refractivity contribution in [2.45, 2.75) is 37.8 Å². The smallest absolute Gasteiger partial charge is 0.356 e. The Kier molecular flexibility index (Phi) is 9.39. The summed E-state index contributed by atoms with van der Waals surface area (Å²) in [6, 6.07) is 34.2. The summed E-state index contributed by atoms with van der Waals surface area (Å²) in [5.41, 5.74) is 5.33. The summed E-state index contributed by atoms with van der Waals surface area (Å²) < 4.78 is 25.0. The molecule has 0 bridgehead atoms. The number of aliphatic hydroxyl groups is 1. The maximum Gasteiger partial charge on any atom is 0.356 e. The van der Waals surface area contributed by atoms with E-state index >= 15 is 0 Å². The van der Waals surface area contributed by atoms with Crippen LogP contribution in [0.3, 0.4) is 0 Å². The number of amides is 1. The lowest BCUT2D eigenvalue weighted by atomic mass is 9.87. The summed E-state index contributed by atoms with van der Waals surface area (Å²) in [4.78, 5) is 34.4. The van der Waals surface area contributed by atoms with Crippen molar-refractivity contribution in [2.24, 2.45) is 5.92 Å². The number of aromatic hydroxyl groups is 1. The highest BCUT2D eigenvalue weighted by Gasteiger charge is 2.42. The molecule has 47 heavy (non-hydrogen) atoms. The Morgan fingerprint density at radius 2 is 1.38 bits per heavy atom. The second-order valence-electron chi connectivity index (χ2n) is 11.9. The predicted molar refractivity (Wildman–Crippen MR) is 181 cm³/mol. The molecule has 0 aliphatic carbocycles. The maximum atomic E-state index is 13.7. The Morgan fingerprint density at radius 3 is 2.02 bits per heavy atom. The standard InChI is InChI=1S/C38H35FNO6P/c39-31-16-9-28(10-17-31)35(41)8-4-7-30-24-37(43)40(32-18-11-26(12-19-32)25-5-2-1-3-6-25)38(30)34-22-15-29(23-36(34)42)27-13-20-33(21-14-27)47(44,45)46/h1-3,5-6,9-23,30,35,38,41-42H,4,7-8,24H2,(H2,44,45,46)/t30-,35+,38+/m1/s1. The van der Waals surface area contributed by atoms with Gasteiger partial charge in [-0.3, -0.25) is 9.36 Å². The van der Waals surface area contributed by atoms with Crippen LogP contribution in [0.5, 0.6) is 5.75 Å². The molecule has 1 fully saturated rings. The van der Waals surface area contributed by atoms with E-state index < -0.39 is 19.7 Å². The molecule has 9 heteroatoms. The number of halogens is 1. The van der Waals surface area contributed by atoms with Crippen molar-refractivity contribution < 1.29 is 33.7 Å². The Hall–Kier alpha value is -4.59. The molecule has 0 aromatic heterocycles. The number of phenols is 1. The molecule has 240 valence electrons. The zero-order chi connectivity index (χ0) is 33.1. The predicted octanol–water partition coefficient (Wildman–Crippen LogP) is 7.67. The molecular formula is C38H35FNO6P. The van der Waals surface area contributed by atoms with E-state index in [-0.39, 0.29) is 35.1 Å². The van der Waals surface area contributed by atoms with Crippen molar-refractivity contribution >= 4 is 24.5 Å². The van der Waals surface area contributed by atoms with Crippen molar-refractivity contribution in [3.05, 3.63) is 138 Å². The first-order valence-electron chi connectivity index (χ1n) is 15.5. The Balaban J connectivity index is 1.29. The largest absolute Gasteiger partial charge is 0.508 e. The molecule has 3 atom stereocenters. The third kappa shape index (κ3) is 7.22. The fraction of sp³-hybridized carbons (Fsp3) is 0.184. The molecule has 1 heterocycles.